The van der Waals surface area contributed by atoms with Crippen LogP contribution in [0.1, 0.15) is 41.0 Å². The van der Waals surface area contributed by atoms with Gasteiger partial charge in [-0.05, 0) is 30.6 Å². The minimum Gasteiger partial charge on any atom is -0.544 e. The Kier molecular flexibility index (Phi) is 3.97. The van der Waals surface area contributed by atoms with Gasteiger partial charge < -0.3 is 14.3 Å². The SMILES string of the molecule is C=C(O[Si](C)(C)C(C)(C)C)C1=C[C@@H]2[C@H](C1)O[C@](C)(O)[C@H]2C. The molecule has 1 heterocycles. The van der Waals surface area contributed by atoms with E-state index in [1.807, 2.05) is 6.92 Å². The van der Waals surface area contributed by atoms with E-state index in [1.165, 1.54) is 0 Å². The summed E-state index contributed by atoms with van der Waals surface area (Å²) < 4.78 is 12.1. The van der Waals surface area contributed by atoms with Crippen LogP contribution in [0.3, 0.4) is 0 Å². The molecule has 4 heteroatoms. The number of hydrogen-bond donors (Lipinski definition) is 1. The van der Waals surface area contributed by atoms with Crippen LogP contribution in [0.25, 0.3) is 0 Å². The molecule has 1 saturated heterocycles. The topological polar surface area (TPSA) is 38.7 Å². The van der Waals surface area contributed by atoms with Gasteiger partial charge in [0.1, 0.15) is 0 Å². The fraction of sp³-hybridized carbons (Fsp3) is 0.765. The molecule has 0 saturated carbocycles. The summed E-state index contributed by atoms with van der Waals surface area (Å²) in [6, 6.07) is 0. The molecule has 21 heavy (non-hydrogen) atoms. The van der Waals surface area contributed by atoms with Gasteiger partial charge in [0.05, 0.1) is 11.9 Å². The summed E-state index contributed by atoms with van der Waals surface area (Å²) in [6.07, 6.45) is 3.05. The van der Waals surface area contributed by atoms with Gasteiger partial charge in [0.2, 0.25) is 8.32 Å². The summed E-state index contributed by atoms with van der Waals surface area (Å²) >= 11 is 0. The van der Waals surface area contributed by atoms with Crippen LogP contribution in [0.15, 0.2) is 24.0 Å². The van der Waals surface area contributed by atoms with Crippen molar-refractivity contribution in [1.82, 2.24) is 0 Å². The predicted octanol–water partition coefficient (Wildman–Crippen LogP) is 4.21. The molecule has 1 aliphatic heterocycles. The molecule has 4 atom stereocenters. The third-order valence-corrected chi connectivity index (χ3v) is 9.97. The highest BCUT2D eigenvalue weighted by molar-refractivity contribution is 6.74. The van der Waals surface area contributed by atoms with Crippen LogP contribution < -0.4 is 0 Å². The molecule has 0 bridgehead atoms. The van der Waals surface area contributed by atoms with E-state index < -0.39 is 14.1 Å². The van der Waals surface area contributed by atoms with E-state index in [-0.39, 0.29) is 23.0 Å². The molecule has 1 fully saturated rings. The Morgan fingerprint density at radius 1 is 1.48 bits per heavy atom. The molecule has 120 valence electrons. The van der Waals surface area contributed by atoms with Gasteiger partial charge in [0, 0.05) is 18.3 Å². The molecule has 1 N–H and O–H groups in total. The number of fused-ring (bicyclic) bond motifs is 1. The van der Waals surface area contributed by atoms with E-state index >= 15 is 0 Å². The van der Waals surface area contributed by atoms with E-state index in [9.17, 15) is 5.11 Å². The second-order valence-corrected chi connectivity index (χ2v) is 13.0. The summed E-state index contributed by atoms with van der Waals surface area (Å²) in [4.78, 5) is 0. The van der Waals surface area contributed by atoms with Gasteiger partial charge in [-0.1, -0.05) is 40.3 Å². The molecule has 1 aliphatic carbocycles. The number of allylic oxidation sites excluding steroid dienone is 1. The standard InChI is InChI=1S/C17H30O3Si/c1-11-14-9-13(10-15(14)19-17(11,6)18)12(2)20-21(7,8)16(3,4)5/h9,11,14-15,18H,2,10H2,1,3-8H3/t11-,14-,15-,17-/m0/s1. The fourth-order valence-corrected chi connectivity index (χ4v) is 3.90. The van der Waals surface area contributed by atoms with Gasteiger partial charge in [-0.15, -0.1) is 0 Å². The van der Waals surface area contributed by atoms with Crippen molar-refractivity contribution in [2.24, 2.45) is 11.8 Å². The zero-order valence-corrected chi connectivity index (χ0v) is 15.5. The first-order valence-corrected chi connectivity index (χ1v) is 10.7. The van der Waals surface area contributed by atoms with Gasteiger partial charge in [0.15, 0.2) is 5.79 Å². The molecular weight excluding hydrogens is 280 g/mol. The molecule has 3 nitrogen and oxygen atoms in total. The molecule has 0 aromatic carbocycles. The van der Waals surface area contributed by atoms with Gasteiger partial charge in [-0.3, -0.25) is 0 Å². The van der Waals surface area contributed by atoms with Crippen LogP contribution in [0.2, 0.25) is 18.1 Å². The normalized spacial score (nSPS) is 36.4. The molecule has 2 rings (SSSR count). The highest BCUT2D eigenvalue weighted by atomic mass is 28.4. The minimum atomic E-state index is -1.85. The summed E-state index contributed by atoms with van der Waals surface area (Å²) in [7, 11) is -1.85. The largest absolute Gasteiger partial charge is 0.544 e. The van der Waals surface area contributed by atoms with E-state index in [1.54, 1.807) is 6.92 Å². The maximum absolute atomic E-state index is 10.2. The maximum atomic E-state index is 10.2. The molecule has 0 radical (unpaired) electrons. The summed E-state index contributed by atoms with van der Waals surface area (Å²) in [5.41, 5.74) is 1.15. The van der Waals surface area contributed by atoms with E-state index in [0.717, 1.165) is 17.8 Å². The summed E-state index contributed by atoms with van der Waals surface area (Å²) in [5, 5.41) is 10.4. The Morgan fingerprint density at radius 2 is 2.05 bits per heavy atom. The van der Waals surface area contributed by atoms with Crippen molar-refractivity contribution >= 4 is 8.32 Å². The van der Waals surface area contributed by atoms with E-state index in [4.69, 9.17) is 9.16 Å². The van der Waals surface area contributed by atoms with E-state index in [2.05, 4.69) is 46.5 Å². The third-order valence-electron chi connectivity index (χ3n) is 5.60. The lowest BCUT2D eigenvalue weighted by Crippen LogP contribution is -2.40. The number of hydrogen-bond acceptors (Lipinski definition) is 3. The monoisotopic (exact) mass is 310 g/mol. The Bertz CT molecular complexity index is 471. The lowest BCUT2D eigenvalue weighted by atomic mass is 9.89. The average molecular weight is 311 g/mol. The molecule has 0 amide bonds. The zero-order chi connectivity index (χ0) is 16.2. The quantitative estimate of drug-likeness (QED) is 0.627. The molecule has 0 aromatic heterocycles. The smallest absolute Gasteiger partial charge is 0.250 e. The lowest BCUT2D eigenvalue weighted by Gasteiger charge is -2.37. The van der Waals surface area contributed by atoms with Crippen LogP contribution in [0.4, 0.5) is 0 Å². The Morgan fingerprint density at radius 3 is 2.52 bits per heavy atom. The van der Waals surface area contributed by atoms with Crippen molar-refractivity contribution in [3.8, 4) is 0 Å². The predicted molar refractivity (Wildman–Crippen MR) is 88.3 cm³/mol. The van der Waals surface area contributed by atoms with Gasteiger partial charge in [-0.2, -0.15) is 0 Å². The average Bonchev–Trinajstić information content (AvgIpc) is 2.76. The number of aliphatic hydroxyl groups is 1. The Hall–Kier alpha value is -0.583. The van der Waals surface area contributed by atoms with Crippen molar-refractivity contribution in [3.05, 3.63) is 24.0 Å². The van der Waals surface area contributed by atoms with Crippen molar-refractivity contribution < 1.29 is 14.3 Å². The van der Waals surface area contributed by atoms with Crippen molar-refractivity contribution in [1.29, 1.82) is 0 Å². The molecule has 0 unspecified atom stereocenters. The second kappa shape index (κ2) is 4.97. The van der Waals surface area contributed by atoms with Crippen molar-refractivity contribution in [3.63, 3.8) is 0 Å². The first-order chi connectivity index (χ1) is 9.35. The molecule has 2 aliphatic rings. The Balaban J connectivity index is 2.09. The van der Waals surface area contributed by atoms with Crippen LogP contribution in [-0.2, 0) is 9.16 Å². The van der Waals surface area contributed by atoms with Crippen molar-refractivity contribution in [2.45, 2.75) is 71.1 Å². The van der Waals surface area contributed by atoms with Crippen LogP contribution in [0.5, 0.6) is 0 Å². The number of ether oxygens (including phenoxy) is 1. The third kappa shape index (κ3) is 2.99. The van der Waals surface area contributed by atoms with Crippen LogP contribution in [0, 0.1) is 11.8 Å². The summed E-state index contributed by atoms with van der Waals surface area (Å²) in [5.74, 6) is 0.140. The Labute approximate surface area is 130 Å². The fourth-order valence-electron chi connectivity index (χ4n) is 2.85. The molecule has 0 aromatic rings. The highest BCUT2D eigenvalue weighted by Crippen LogP contribution is 2.48. The van der Waals surface area contributed by atoms with Gasteiger partial charge >= 0.3 is 0 Å². The first kappa shape index (κ1) is 16.8. The molecular formula is C17H30O3Si. The van der Waals surface area contributed by atoms with Crippen molar-refractivity contribution in [2.75, 3.05) is 0 Å². The maximum Gasteiger partial charge on any atom is 0.250 e. The van der Waals surface area contributed by atoms with Crippen LogP contribution >= 0.6 is 0 Å². The van der Waals surface area contributed by atoms with Gasteiger partial charge in [0.25, 0.3) is 0 Å². The van der Waals surface area contributed by atoms with E-state index in [0.29, 0.717) is 0 Å². The zero-order valence-electron chi connectivity index (χ0n) is 14.5. The second-order valence-electron chi connectivity index (χ2n) is 8.26. The number of rotatable bonds is 3. The van der Waals surface area contributed by atoms with Gasteiger partial charge in [-0.25, -0.2) is 0 Å². The minimum absolute atomic E-state index is 0.0600. The highest BCUT2D eigenvalue weighted by Gasteiger charge is 2.51. The van der Waals surface area contributed by atoms with Crippen LogP contribution in [-0.4, -0.2) is 25.3 Å². The molecule has 0 spiro atoms. The summed E-state index contributed by atoms with van der Waals surface area (Å²) in [6.45, 7) is 19.1. The first-order valence-electron chi connectivity index (χ1n) is 7.84. The lowest BCUT2D eigenvalue weighted by molar-refractivity contribution is -0.195.